The molecule has 2 N–H and O–H groups in total. The van der Waals surface area contributed by atoms with Gasteiger partial charge in [0.1, 0.15) is 5.75 Å². The predicted molar refractivity (Wildman–Crippen MR) is 82.4 cm³/mol. The summed E-state index contributed by atoms with van der Waals surface area (Å²) in [6, 6.07) is 6.09. The van der Waals surface area contributed by atoms with Gasteiger partial charge < -0.3 is 20.1 Å². The van der Waals surface area contributed by atoms with Crippen LogP contribution in [0.25, 0.3) is 0 Å². The molecule has 1 fully saturated rings. The predicted octanol–water partition coefficient (Wildman–Crippen LogP) is 2.58. The zero-order valence-corrected chi connectivity index (χ0v) is 12.8. The van der Waals surface area contributed by atoms with Gasteiger partial charge in [-0.1, -0.05) is 6.07 Å². The summed E-state index contributed by atoms with van der Waals surface area (Å²) in [5, 5.41) is 0. The topological polar surface area (TPSA) is 47.7 Å². The number of nitrogens with zero attached hydrogens (tertiary/aromatic N) is 1. The Morgan fingerprint density at radius 3 is 2.70 bits per heavy atom. The lowest BCUT2D eigenvalue weighted by Crippen LogP contribution is -2.30. The van der Waals surface area contributed by atoms with Crippen LogP contribution in [0.15, 0.2) is 18.2 Å². The van der Waals surface area contributed by atoms with Gasteiger partial charge >= 0.3 is 0 Å². The van der Waals surface area contributed by atoms with Crippen LogP contribution < -0.4 is 15.4 Å². The number of hydrogen-bond donors (Lipinski definition) is 1. The molecule has 1 aromatic rings. The van der Waals surface area contributed by atoms with Crippen molar-refractivity contribution in [3.05, 3.63) is 23.8 Å². The molecular weight excluding hydrogens is 252 g/mol. The van der Waals surface area contributed by atoms with Crippen molar-refractivity contribution >= 4 is 5.69 Å². The van der Waals surface area contributed by atoms with Crippen LogP contribution >= 0.6 is 0 Å². The molecule has 1 atom stereocenters. The number of rotatable bonds is 5. The first-order valence-corrected chi connectivity index (χ1v) is 7.34. The molecule has 0 aliphatic carbocycles. The fourth-order valence-electron chi connectivity index (χ4n) is 2.92. The van der Waals surface area contributed by atoms with Crippen LogP contribution in [0.2, 0.25) is 0 Å². The Balaban J connectivity index is 2.17. The van der Waals surface area contributed by atoms with E-state index in [2.05, 4.69) is 18.0 Å². The molecule has 0 aromatic heterocycles. The maximum Gasteiger partial charge on any atom is 0.125 e. The van der Waals surface area contributed by atoms with Gasteiger partial charge in [0.25, 0.3) is 0 Å². The monoisotopic (exact) mass is 278 g/mol. The van der Waals surface area contributed by atoms with E-state index in [-0.39, 0.29) is 6.04 Å². The molecule has 1 aromatic carbocycles. The molecule has 2 rings (SSSR count). The van der Waals surface area contributed by atoms with Gasteiger partial charge in [-0.15, -0.1) is 0 Å². The van der Waals surface area contributed by atoms with E-state index < -0.39 is 0 Å². The van der Waals surface area contributed by atoms with Crippen molar-refractivity contribution in [2.45, 2.75) is 25.8 Å². The summed E-state index contributed by atoms with van der Waals surface area (Å²) < 4.78 is 10.9. The Labute approximate surface area is 121 Å². The van der Waals surface area contributed by atoms with E-state index in [1.165, 1.54) is 5.69 Å². The lowest BCUT2D eigenvalue weighted by atomic mass is 9.98. The van der Waals surface area contributed by atoms with Crippen LogP contribution in [0, 0.1) is 5.92 Å². The molecule has 0 amide bonds. The summed E-state index contributed by atoms with van der Waals surface area (Å²) in [5.74, 6) is 1.57. The van der Waals surface area contributed by atoms with Crippen molar-refractivity contribution in [3.8, 4) is 5.75 Å². The van der Waals surface area contributed by atoms with Crippen LogP contribution in [0.1, 0.15) is 31.4 Å². The maximum absolute atomic E-state index is 6.14. The number of hydrogen-bond acceptors (Lipinski definition) is 4. The van der Waals surface area contributed by atoms with Gasteiger partial charge in [0, 0.05) is 44.1 Å². The van der Waals surface area contributed by atoms with Crippen LogP contribution in [0.3, 0.4) is 0 Å². The normalized spacial score (nSPS) is 17.8. The first-order valence-electron chi connectivity index (χ1n) is 7.34. The van der Waals surface area contributed by atoms with Crippen LogP contribution in [-0.4, -0.2) is 33.9 Å². The van der Waals surface area contributed by atoms with Crippen molar-refractivity contribution in [2.75, 3.05) is 38.8 Å². The van der Waals surface area contributed by atoms with E-state index in [1.54, 1.807) is 7.11 Å². The molecule has 0 bridgehead atoms. The Kier molecular flexibility index (Phi) is 5.26. The standard InChI is InChI=1S/C16H26N2O2/c1-12(17)16-14(5-4-6-15(16)19-3)18(2)11-13-7-9-20-10-8-13/h4-6,12-13H,7-11,17H2,1-3H3/t12-/m1/s1. The summed E-state index contributed by atoms with van der Waals surface area (Å²) >= 11 is 0. The van der Waals surface area contributed by atoms with Crippen molar-refractivity contribution in [1.29, 1.82) is 0 Å². The molecule has 1 aliphatic heterocycles. The highest BCUT2D eigenvalue weighted by Crippen LogP contribution is 2.33. The summed E-state index contributed by atoms with van der Waals surface area (Å²) in [7, 11) is 3.83. The second kappa shape index (κ2) is 6.95. The SMILES string of the molecule is COc1cccc(N(C)CC2CCOCC2)c1[C@@H](C)N. The molecule has 1 heterocycles. The minimum absolute atomic E-state index is 0.0433. The molecule has 0 unspecified atom stereocenters. The van der Waals surface area contributed by atoms with Gasteiger partial charge in [0.2, 0.25) is 0 Å². The van der Waals surface area contributed by atoms with Crippen LogP contribution in [0.4, 0.5) is 5.69 Å². The third-order valence-electron chi connectivity index (χ3n) is 4.00. The van der Waals surface area contributed by atoms with Crippen LogP contribution in [0.5, 0.6) is 5.75 Å². The molecule has 0 radical (unpaired) electrons. The average Bonchev–Trinajstić information content (AvgIpc) is 2.47. The molecule has 4 nitrogen and oxygen atoms in total. The van der Waals surface area contributed by atoms with E-state index in [9.17, 15) is 0 Å². The van der Waals surface area contributed by atoms with Gasteiger partial charge in [-0.05, 0) is 37.8 Å². The summed E-state index contributed by atoms with van der Waals surface area (Å²) in [6.45, 7) is 4.81. The van der Waals surface area contributed by atoms with Crippen molar-refractivity contribution in [3.63, 3.8) is 0 Å². The lowest BCUT2D eigenvalue weighted by molar-refractivity contribution is 0.0685. The number of ether oxygens (including phenoxy) is 2. The van der Waals surface area contributed by atoms with Gasteiger partial charge in [-0.3, -0.25) is 0 Å². The molecule has 1 aliphatic rings. The Bertz CT molecular complexity index is 428. The van der Waals surface area contributed by atoms with Gasteiger partial charge in [-0.2, -0.15) is 0 Å². The van der Waals surface area contributed by atoms with E-state index in [0.29, 0.717) is 5.92 Å². The molecule has 0 spiro atoms. The fraction of sp³-hybridized carbons (Fsp3) is 0.625. The second-order valence-electron chi connectivity index (χ2n) is 5.62. The number of nitrogens with two attached hydrogens (primary N) is 1. The average molecular weight is 278 g/mol. The fourth-order valence-corrected chi connectivity index (χ4v) is 2.92. The minimum atomic E-state index is -0.0433. The highest BCUT2D eigenvalue weighted by Gasteiger charge is 2.20. The largest absolute Gasteiger partial charge is 0.496 e. The highest BCUT2D eigenvalue weighted by molar-refractivity contribution is 5.60. The summed E-state index contributed by atoms with van der Waals surface area (Å²) in [4.78, 5) is 2.30. The van der Waals surface area contributed by atoms with Gasteiger partial charge in [-0.25, -0.2) is 0 Å². The first kappa shape index (κ1) is 15.1. The number of benzene rings is 1. The summed E-state index contributed by atoms with van der Waals surface area (Å²) in [5.41, 5.74) is 8.39. The molecular formula is C16H26N2O2. The van der Waals surface area contributed by atoms with Gasteiger partial charge in [0.05, 0.1) is 7.11 Å². The smallest absolute Gasteiger partial charge is 0.125 e. The molecule has 0 saturated carbocycles. The van der Waals surface area contributed by atoms with Crippen molar-refractivity contribution in [2.24, 2.45) is 11.7 Å². The molecule has 112 valence electrons. The van der Waals surface area contributed by atoms with Crippen LogP contribution in [-0.2, 0) is 4.74 Å². The zero-order valence-electron chi connectivity index (χ0n) is 12.8. The van der Waals surface area contributed by atoms with E-state index >= 15 is 0 Å². The molecule has 20 heavy (non-hydrogen) atoms. The maximum atomic E-state index is 6.14. The number of anilines is 1. The molecule has 4 heteroatoms. The van der Waals surface area contributed by atoms with Gasteiger partial charge in [0.15, 0.2) is 0 Å². The van der Waals surface area contributed by atoms with Crippen molar-refractivity contribution < 1.29 is 9.47 Å². The van der Waals surface area contributed by atoms with E-state index in [4.69, 9.17) is 15.2 Å². The highest BCUT2D eigenvalue weighted by atomic mass is 16.5. The Morgan fingerprint density at radius 2 is 2.10 bits per heavy atom. The lowest BCUT2D eigenvalue weighted by Gasteiger charge is -2.31. The third-order valence-corrected chi connectivity index (χ3v) is 4.00. The quantitative estimate of drug-likeness (QED) is 0.899. The number of methoxy groups -OCH3 is 1. The minimum Gasteiger partial charge on any atom is -0.496 e. The van der Waals surface area contributed by atoms with E-state index in [1.807, 2.05) is 19.1 Å². The molecule has 1 saturated heterocycles. The summed E-state index contributed by atoms with van der Waals surface area (Å²) in [6.07, 6.45) is 2.28. The van der Waals surface area contributed by atoms with Crippen molar-refractivity contribution in [1.82, 2.24) is 0 Å². The third kappa shape index (κ3) is 3.44. The second-order valence-corrected chi connectivity index (χ2v) is 5.62. The zero-order chi connectivity index (χ0) is 14.5. The van der Waals surface area contributed by atoms with E-state index in [0.717, 1.165) is 43.9 Å². The Morgan fingerprint density at radius 1 is 1.40 bits per heavy atom. The first-order chi connectivity index (χ1) is 9.63. The Hall–Kier alpha value is -1.26.